The molecule has 2 atom stereocenters. The van der Waals surface area contributed by atoms with Crippen molar-refractivity contribution in [2.75, 3.05) is 19.8 Å². The van der Waals surface area contributed by atoms with Crippen LogP contribution in [0.1, 0.15) is 30.9 Å². The van der Waals surface area contributed by atoms with Gasteiger partial charge in [0, 0.05) is 12.2 Å². The van der Waals surface area contributed by atoms with Gasteiger partial charge in [-0.25, -0.2) is 8.78 Å². The van der Waals surface area contributed by atoms with Gasteiger partial charge in [0.1, 0.15) is 6.10 Å². The van der Waals surface area contributed by atoms with Gasteiger partial charge in [0.2, 0.25) is 0 Å². The maximum Gasteiger partial charge on any atom is 0.164 e. The molecule has 1 aliphatic rings. The van der Waals surface area contributed by atoms with Crippen molar-refractivity contribution in [2.45, 2.75) is 31.5 Å². The van der Waals surface area contributed by atoms with Crippen LogP contribution in [0.15, 0.2) is 18.2 Å². The van der Waals surface area contributed by atoms with Crippen molar-refractivity contribution in [1.29, 1.82) is 0 Å². The third kappa shape index (κ3) is 3.96. The molecule has 2 unspecified atom stereocenters. The number of aliphatic hydroxyl groups excluding tert-OH is 1. The van der Waals surface area contributed by atoms with Crippen molar-refractivity contribution in [3.05, 3.63) is 35.4 Å². The van der Waals surface area contributed by atoms with Crippen LogP contribution in [0.5, 0.6) is 0 Å². The molecular weight excluding hydrogens is 254 g/mol. The van der Waals surface area contributed by atoms with Crippen LogP contribution in [0, 0.1) is 11.6 Å². The van der Waals surface area contributed by atoms with E-state index in [0.717, 1.165) is 31.9 Å². The molecule has 0 spiro atoms. The summed E-state index contributed by atoms with van der Waals surface area (Å²) in [6.45, 7) is 1.03. The van der Waals surface area contributed by atoms with Crippen LogP contribution in [-0.4, -0.2) is 31.0 Å². The highest BCUT2D eigenvalue weighted by Crippen LogP contribution is 2.20. The van der Waals surface area contributed by atoms with Gasteiger partial charge in [0.05, 0.1) is 19.3 Å². The summed E-state index contributed by atoms with van der Waals surface area (Å²) in [7, 11) is 0. The van der Waals surface area contributed by atoms with E-state index >= 15 is 0 Å². The molecule has 1 heterocycles. The molecule has 1 N–H and O–H groups in total. The minimum absolute atomic E-state index is 0.0401. The molecule has 19 heavy (non-hydrogen) atoms. The first kappa shape index (κ1) is 14.4. The number of hydrogen-bond acceptors (Lipinski definition) is 3. The van der Waals surface area contributed by atoms with Crippen molar-refractivity contribution in [2.24, 2.45) is 0 Å². The van der Waals surface area contributed by atoms with E-state index in [1.54, 1.807) is 0 Å². The van der Waals surface area contributed by atoms with Gasteiger partial charge < -0.3 is 14.6 Å². The first-order valence-corrected chi connectivity index (χ1v) is 6.50. The first-order chi connectivity index (χ1) is 9.18. The Bertz CT molecular complexity index is 406. The predicted molar refractivity (Wildman–Crippen MR) is 65.7 cm³/mol. The number of rotatable bonds is 5. The van der Waals surface area contributed by atoms with Crippen molar-refractivity contribution in [3.63, 3.8) is 0 Å². The number of ether oxygens (including phenoxy) is 2. The van der Waals surface area contributed by atoms with Crippen LogP contribution in [0.4, 0.5) is 8.78 Å². The summed E-state index contributed by atoms with van der Waals surface area (Å²) in [6, 6.07) is 3.73. The maximum atomic E-state index is 13.4. The third-order valence-corrected chi connectivity index (χ3v) is 3.19. The summed E-state index contributed by atoms with van der Waals surface area (Å²) in [6.07, 6.45) is 1.98. The van der Waals surface area contributed by atoms with E-state index in [2.05, 4.69) is 0 Å². The maximum absolute atomic E-state index is 13.4. The number of benzene rings is 1. The van der Waals surface area contributed by atoms with E-state index in [4.69, 9.17) is 9.47 Å². The molecule has 1 aromatic rings. The second-order valence-corrected chi connectivity index (χ2v) is 4.68. The molecule has 0 radical (unpaired) electrons. The van der Waals surface area contributed by atoms with E-state index in [1.807, 2.05) is 0 Å². The lowest BCUT2D eigenvalue weighted by Gasteiger charge is -2.23. The van der Waals surface area contributed by atoms with E-state index in [0.29, 0.717) is 6.61 Å². The molecule has 106 valence electrons. The average Bonchev–Trinajstić information content (AvgIpc) is 2.43. The second-order valence-electron chi connectivity index (χ2n) is 4.68. The van der Waals surface area contributed by atoms with Gasteiger partial charge in [-0.2, -0.15) is 0 Å². The van der Waals surface area contributed by atoms with E-state index in [1.165, 1.54) is 12.1 Å². The van der Waals surface area contributed by atoms with Crippen LogP contribution in [-0.2, 0) is 9.47 Å². The van der Waals surface area contributed by atoms with Crippen molar-refractivity contribution in [3.8, 4) is 0 Å². The van der Waals surface area contributed by atoms with Gasteiger partial charge in [-0.3, -0.25) is 0 Å². The molecule has 1 aromatic carbocycles. The fourth-order valence-electron chi connectivity index (χ4n) is 2.12. The largest absolute Gasteiger partial charge is 0.386 e. The highest BCUT2D eigenvalue weighted by molar-refractivity contribution is 5.21. The Morgan fingerprint density at radius 3 is 2.95 bits per heavy atom. The summed E-state index contributed by atoms with van der Waals surface area (Å²) in [4.78, 5) is 0. The van der Waals surface area contributed by atoms with Crippen LogP contribution in [0.3, 0.4) is 0 Å². The zero-order chi connectivity index (χ0) is 13.7. The van der Waals surface area contributed by atoms with E-state index in [-0.39, 0.29) is 18.3 Å². The number of aliphatic hydroxyl groups is 1. The molecule has 0 bridgehead atoms. The topological polar surface area (TPSA) is 38.7 Å². The molecule has 0 amide bonds. The van der Waals surface area contributed by atoms with Gasteiger partial charge in [-0.1, -0.05) is 12.1 Å². The van der Waals surface area contributed by atoms with Crippen molar-refractivity contribution in [1.82, 2.24) is 0 Å². The lowest BCUT2D eigenvalue weighted by atomic mass is 10.1. The molecule has 1 fully saturated rings. The van der Waals surface area contributed by atoms with Gasteiger partial charge in [-0.05, 0) is 25.3 Å². The fraction of sp³-hybridized carbons (Fsp3) is 0.571. The molecular formula is C14H18F2O3. The molecule has 0 saturated carbocycles. The van der Waals surface area contributed by atoms with Crippen molar-refractivity contribution >= 4 is 0 Å². The Balaban J connectivity index is 1.80. The summed E-state index contributed by atoms with van der Waals surface area (Å²) in [5, 5.41) is 9.78. The molecule has 1 aliphatic heterocycles. The van der Waals surface area contributed by atoms with Crippen LogP contribution in [0.2, 0.25) is 0 Å². The van der Waals surface area contributed by atoms with Gasteiger partial charge >= 0.3 is 0 Å². The standard InChI is InChI=1S/C14H18F2O3/c15-12-6-3-5-11(14(12)16)13(17)9-18-8-10-4-1-2-7-19-10/h3,5-6,10,13,17H,1-2,4,7-9H2. The van der Waals surface area contributed by atoms with Crippen LogP contribution >= 0.6 is 0 Å². The Hall–Kier alpha value is -1.04. The minimum Gasteiger partial charge on any atom is -0.386 e. The van der Waals surface area contributed by atoms with Gasteiger partial charge in [0.15, 0.2) is 11.6 Å². The Kier molecular flexibility index (Phi) is 5.24. The number of halogens is 2. The smallest absolute Gasteiger partial charge is 0.164 e. The second kappa shape index (κ2) is 6.93. The van der Waals surface area contributed by atoms with Crippen molar-refractivity contribution < 1.29 is 23.4 Å². The Morgan fingerprint density at radius 2 is 2.21 bits per heavy atom. The third-order valence-electron chi connectivity index (χ3n) is 3.19. The zero-order valence-corrected chi connectivity index (χ0v) is 10.6. The Labute approximate surface area is 111 Å². The molecule has 0 aromatic heterocycles. The predicted octanol–water partition coefficient (Wildman–Crippen LogP) is 2.58. The normalized spacial score (nSPS) is 21.3. The zero-order valence-electron chi connectivity index (χ0n) is 10.6. The van der Waals surface area contributed by atoms with Gasteiger partial charge in [-0.15, -0.1) is 0 Å². The molecule has 0 aliphatic carbocycles. The quantitative estimate of drug-likeness (QED) is 0.895. The summed E-state index contributed by atoms with van der Waals surface area (Å²) < 4.78 is 37.2. The average molecular weight is 272 g/mol. The van der Waals surface area contributed by atoms with Gasteiger partial charge in [0.25, 0.3) is 0 Å². The van der Waals surface area contributed by atoms with Crippen LogP contribution < -0.4 is 0 Å². The molecule has 5 heteroatoms. The number of hydrogen-bond donors (Lipinski definition) is 1. The highest BCUT2D eigenvalue weighted by Gasteiger charge is 2.18. The minimum atomic E-state index is -1.17. The molecule has 1 saturated heterocycles. The Morgan fingerprint density at radius 1 is 1.37 bits per heavy atom. The summed E-state index contributed by atoms with van der Waals surface area (Å²) in [5.74, 6) is -1.99. The van der Waals surface area contributed by atoms with Crippen LogP contribution in [0.25, 0.3) is 0 Å². The molecule has 2 rings (SSSR count). The fourth-order valence-corrected chi connectivity index (χ4v) is 2.12. The monoisotopic (exact) mass is 272 g/mol. The summed E-state index contributed by atoms with van der Waals surface area (Å²) in [5.41, 5.74) is -0.0791. The lowest BCUT2D eigenvalue weighted by molar-refractivity contribution is -0.0578. The highest BCUT2D eigenvalue weighted by atomic mass is 19.2. The van der Waals surface area contributed by atoms with E-state index in [9.17, 15) is 13.9 Å². The SMILES string of the molecule is OC(COCC1CCCCO1)c1cccc(F)c1F. The molecule has 3 nitrogen and oxygen atoms in total. The summed E-state index contributed by atoms with van der Waals surface area (Å²) >= 11 is 0. The lowest BCUT2D eigenvalue weighted by Crippen LogP contribution is -2.25. The van der Waals surface area contributed by atoms with E-state index < -0.39 is 17.7 Å². The first-order valence-electron chi connectivity index (χ1n) is 6.50.